The summed E-state index contributed by atoms with van der Waals surface area (Å²) in [5.41, 5.74) is 6.72. The van der Waals surface area contributed by atoms with Crippen LogP contribution in [0.1, 0.15) is 36.2 Å². The van der Waals surface area contributed by atoms with Crippen LogP contribution in [0.4, 0.5) is 0 Å². The molecule has 4 aromatic rings. The molecule has 1 amide bonds. The maximum Gasteiger partial charge on any atom is 0.240 e. The second-order valence-corrected chi connectivity index (χ2v) is 9.51. The van der Waals surface area contributed by atoms with Crippen molar-refractivity contribution in [1.29, 1.82) is 0 Å². The van der Waals surface area contributed by atoms with Crippen molar-refractivity contribution in [2.45, 2.75) is 26.3 Å². The van der Waals surface area contributed by atoms with Crippen LogP contribution in [-0.4, -0.2) is 21.6 Å². The Morgan fingerprint density at radius 1 is 1.03 bits per heavy atom. The average Bonchev–Trinajstić information content (AvgIpc) is 3.25. The summed E-state index contributed by atoms with van der Waals surface area (Å²) in [5.74, 6) is -0.0892. The average molecular weight is 519 g/mol. The van der Waals surface area contributed by atoms with E-state index >= 15 is 0 Å². The molecule has 4 nitrogen and oxygen atoms in total. The van der Waals surface area contributed by atoms with Crippen LogP contribution in [0.3, 0.4) is 0 Å². The molecule has 6 heteroatoms. The molecule has 0 radical (unpaired) electrons. The Balaban J connectivity index is 1.73. The van der Waals surface area contributed by atoms with Crippen molar-refractivity contribution >= 4 is 50.1 Å². The number of halogens is 2. The first-order chi connectivity index (χ1) is 15.9. The van der Waals surface area contributed by atoms with Crippen molar-refractivity contribution in [3.8, 4) is 11.1 Å². The number of carbonyl (C=O) groups is 1. The molecule has 3 aromatic carbocycles. The number of hydrogen-bond donors (Lipinski definition) is 0. The summed E-state index contributed by atoms with van der Waals surface area (Å²) >= 11 is 9.89. The topological polar surface area (TPSA) is 45.6 Å². The molecule has 0 aliphatic carbocycles. The van der Waals surface area contributed by atoms with Gasteiger partial charge >= 0.3 is 0 Å². The maximum atomic E-state index is 12.5. The van der Waals surface area contributed by atoms with E-state index in [0.717, 1.165) is 49.0 Å². The molecule has 0 bridgehead atoms. The fourth-order valence-electron chi connectivity index (χ4n) is 4.51. The molecule has 0 fully saturated rings. The second kappa shape index (κ2) is 8.73. The molecule has 0 unspecified atom stereocenters. The van der Waals surface area contributed by atoms with E-state index in [4.69, 9.17) is 21.7 Å². The summed E-state index contributed by atoms with van der Waals surface area (Å²) in [6, 6.07) is 23.9. The Hall–Kier alpha value is -3.02. The summed E-state index contributed by atoms with van der Waals surface area (Å²) < 4.78 is 0.998. The number of hydrazone groups is 1. The number of pyridine rings is 1. The molecule has 2 heterocycles. The lowest BCUT2D eigenvalue weighted by Gasteiger charge is -2.20. The molecule has 0 spiro atoms. The standard InChI is InChI=1S/C27H21BrClN3O/c1-16-26(24-15-25(32(31-24)17(2)33)18-8-10-20(28)11-9-18)27(19-6-4-3-5-7-19)22-14-21(29)12-13-23(22)30-16/h3-14,25H,15H2,1-2H3/t25-/m0/s1. The molecule has 1 aliphatic heterocycles. The molecule has 0 saturated carbocycles. The Morgan fingerprint density at radius 3 is 2.45 bits per heavy atom. The van der Waals surface area contributed by atoms with E-state index in [1.54, 1.807) is 11.9 Å². The quantitative estimate of drug-likeness (QED) is 0.285. The SMILES string of the molecule is CC(=O)N1N=C(c2c(C)nc3ccc(Cl)cc3c2-c2ccccc2)C[C@H]1c1ccc(Br)cc1. The Labute approximate surface area is 206 Å². The first kappa shape index (κ1) is 21.8. The van der Waals surface area contributed by atoms with Crippen molar-refractivity contribution in [2.75, 3.05) is 0 Å². The van der Waals surface area contributed by atoms with E-state index < -0.39 is 0 Å². The second-order valence-electron chi connectivity index (χ2n) is 8.16. The van der Waals surface area contributed by atoms with Crippen LogP contribution in [0, 0.1) is 6.92 Å². The number of nitrogens with zero attached hydrogens (tertiary/aromatic N) is 3. The Morgan fingerprint density at radius 2 is 1.76 bits per heavy atom. The minimum Gasteiger partial charge on any atom is -0.273 e. The smallest absolute Gasteiger partial charge is 0.240 e. The van der Waals surface area contributed by atoms with Gasteiger partial charge in [-0.25, -0.2) is 5.01 Å². The Kier molecular flexibility index (Phi) is 5.77. The zero-order chi connectivity index (χ0) is 23.1. The van der Waals surface area contributed by atoms with E-state index in [1.165, 1.54) is 0 Å². The maximum absolute atomic E-state index is 12.5. The zero-order valence-corrected chi connectivity index (χ0v) is 20.6. The van der Waals surface area contributed by atoms with Gasteiger partial charge in [-0.1, -0.05) is 70.0 Å². The van der Waals surface area contributed by atoms with Gasteiger partial charge in [0.05, 0.1) is 17.3 Å². The summed E-state index contributed by atoms with van der Waals surface area (Å²) in [6.45, 7) is 3.56. The molecule has 33 heavy (non-hydrogen) atoms. The number of benzene rings is 3. The lowest BCUT2D eigenvalue weighted by molar-refractivity contribution is -0.130. The van der Waals surface area contributed by atoms with Crippen LogP contribution in [0.5, 0.6) is 0 Å². The molecule has 0 N–H and O–H groups in total. The van der Waals surface area contributed by atoms with E-state index in [-0.39, 0.29) is 11.9 Å². The highest BCUT2D eigenvalue weighted by Gasteiger charge is 2.33. The van der Waals surface area contributed by atoms with Crippen LogP contribution in [0.25, 0.3) is 22.0 Å². The summed E-state index contributed by atoms with van der Waals surface area (Å²) in [6.07, 6.45) is 0.607. The number of aromatic nitrogens is 1. The van der Waals surface area contributed by atoms with Gasteiger partial charge in [0.1, 0.15) is 0 Å². The van der Waals surface area contributed by atoms with Gasteiger partial charge in [0.25, 0.3) is 0 Å². The van der Waals surface area contributed by atoms with Gasteiger partial charge in [0.15, 0.2) is 0 Å². The third-order valence-corrected chi connectivity index (χ3v) is 6.73. The largest absolute Gasteiger partial charge is 0.273 e. The molecule has 164 valence electrons. The first-order valence-electron chi connectivity index (χ1n) is 10.7. The van der Waals surface area contributed by atoms with Crippen molar-refractivity contribution < 1.29 is 4.79 Å². The monoisotopic (exact) mass is 517 g/mol. The molecule has 1 atom stereocenters. The van der Waals surface area contributed by atoms with Crippen LogP contribution in [-0.2, 0) is 4.79 Å². The number of aryl methyl sites for hydroxylation is 1. The molecule has 0 saturated heterocycles. The predicted molar refractivity (Wildman–Crippen MR) is 137 cm³/mol. The van der Waals surface area contributed by atoms with Gasteiger partial charge in [-0.15, -0.1) is 0 Å². The number of rotatable bonds is 3. The van der Waals surface area contributed by atoms with Crippen molar-refractivity contribution in [1.82, 2.24) is 9.99 Å². The van der Waals surface area contributed by atoms with E-state index in [9.17, 15) is 4.79 Å². The van der Waals surface area contributed by atoms with Gasteiger partial charge < -0.3 is 0 Å². The summed E-state index contributed by atoms with van der Waals surface area (Å²) in [5, 5.41) is 8.05. The van der Waals surface area contributed by atoms with Crippen molar-refractivity contribution in [3.05, 3.63) is 99.1 Å². The normalized spacial score (nSPS) is 15.7. The van der Waals surface area contributed by atoms with E-state index in [1.807, 2.05) is 67.6 Å². The van der Waals surface area contributed by atoms with E-state index in [2.05, 4.69) is 28.1 Å². The number of fused-ring (bicyclic) bond motifs is 1. The van der Waals surface area contributed by atoms with Crippen LogP contribution in [0.2, 0.25) is 5.02 Å². The minimum absolute atomic E-state index is 0.0892. The number of amides is 1. The number of hydrogen-bond acceptors (Lipinski definition) is 3. The van der Waals surface area contributed by atoms with E-state index in [0.29, 0.717) is 11.4 Å². The molecule has 1 aliphatic rings. The van der Waals surface area contributed by atoms with Crippen LogP contribution < -0.4 is 0 Å². The highest BCUT2D eigenvalue weighted by Crippen LogP contribution is 2.40. The lowest BCUT2D eigenvalue weighted by atomic mass is 9.89. The molecule has 1 aromatic heterocycles. The third kappa shape index (κ3) is 4.07. The van der Waals surface area contributed by atoms with Crippen molar-refractivity contribution in [2.24, 2.45) is 5.10 Å². The van der Waals surface area contributed by atoms with Gasteiger partial charge in [0.2, 0.25) is 5.91 Å². The van der Waals surface area contributed by atoms with Crippen LogP contribution in [0.15, 0.2) is 82.4 Å². The molecular weight excluding hydrogens is 498 g/mol. The van der Waals surface area contributed by atoms with Crippen LogP contribution >= 0.6 is 27.5 Å². The number of carbonyl (C=O) groups excluding carboxylic acids is 1. The van der Waals surface area contributed by atoms with Gasteiger partial charge in [-0.05, 0) is 48.4 Å². The van der Waals surface area contributed by atoms with Crippen molar-refractivity contribution in [3.63, 3.8) is 0 Å². The minimum atomic E-state index is -0.163. The Bertz CT molecular complexity index is 1400. The summed E-state index contributed by atoms with van der Waals surface area (Å²) in [7, 11) is 0. The highest BCUT2D eigenvalue weighted by molar-refractivity contribution is 9.10. The zero-order valence-electron chi connectivity index (χ0n) is 18.2. The van der Waals surface area contributed by atoms with Gasteiger partial charge in [-0.2, -0.15) is 5.10 Å². The molecular formula is C27H21BrClN3O. The fraction of sp³-hybridized carbons (Fsp3) is 0.148. The van der Waals surface area contributed by atoms with Gasteiger partial charge in [0, 0.05) is 45.0 Å². The molecule has 5 rings (SSSR count). The third-order valence-electron chi connectivity index (χ3n) is 5.97. The summed E-state index contributed by atoms with van der Waals surface area (Å²) in [4.78, 5) is 17.4. The van der Waals surface area contributed by atoms with Gasteiger partial charge in [-0.3, -0.25) is 9.78 Å². The fourth-order valence-corrected chi connectivity index (χ4v) is 4.95. The predicted octanol–water partition coefficient (Wildman–Crippen LogP) is 7.32. The lowest BCUT2D eigenvalue weighted by Crippen LogP contribution is -2.24. The first-order valence-corrected chi connectivity index (χ1v) is 11.9. The highest BCUT2D eigenvalue weighted by atomic mass is 79.9.